The van der Waals surface area contributed by atoms with Crippen LogP contribution in [0, 0.1) is 17.8 Å². The van der Waals surface area contributed by atoms with E-state index in [-0.39, 0.29) is 65.3 Å². The number of carbonyl (C=O) groups is 4. The summed E-state index contributed by atoms with van der Waals surface area (Å²) in [4.78, 5) is 53.7. The molecule has 1 fully saturated rings. The minimum absolute atomic E-state index is 0.0780. The van der Waals surface area contributed by atoms with Gasteiger partial charge in [-0.05, 0) is 110 Å². The molecular formula is C47H59N5O8. The zero-order chi connectivity index (χ0) is 43.2. The lowest BCUT2D eigenvalue weighted by Crippen LogP contribution is -2.37. The van der Waals surface area contributed by atoms with Gasteiger partial charge in [0.2, 0.25) is 5.91 Å². The molecule has 0 unspecified atom stereocenters. The van der Waals surface area contributed by atoms with Crippen molar-refractivity contribution in [2.75, 3.05) is 42.4 Å². The second-order valence-corrected chi connectivity index (χ2v) is 16.2. The van der Waals surface area contributed by atoms with Crippen LogP contribution in [0.4, 0.5) is 17.1 Å². The van der Waals surface area contributed by atoms with Crippen molar-refractivity contribution >= 4 is 40.7 Å². The summed E-state index contributed by atoms with van der Waals surface area (Å²) in [6.07, 6.45) is 4.39. The van der Waals surface area contributed by atoms with Crippen LogP contribution in [0.1, 0.15) is 96.9 Å². The number of amides is 4. The van der Waals surface area contributed by atoms with Crippen molar-refractivity contribution in [1.29, 1.82) is 0 Å². The minimum atomic E-state index is -0.843. The summed E-state index contributed by atoms with van der Waals surface area (Å²) in [5, 5.41) is 21.2. The van der Waals surface area contributed by atoms with Gasteiger partial charge in [0.05, 0.1) is 42.9 Å². The normalized spacial score (nSPS) is 15.5. The molecule has 0 spiro atoms. The number of carbonyl (C=O) groups excluding carboxylic acids is 4. The number of benzene rings is 4. The van der Waals surface area contributed by atoms with Gasteiger partial charge in [-0.25, -0.2) is 0 Å². The number of hydrogen-bond acceptors (Lipinski definition) is 9. The first-order valence-corrected chi connectivity index (χ1v) is 20.7. The van der Waals surface area contributed by atoms with Crippen molar-refractivity contribution < 1.29 is 38.5 Å². The number of aliphatic hydroxyl groups excluding tert-OH is 1. The largest absolute Gasteiger partial charge is 0.491 e. The first-order chi connectivity index (χ1) is 28.8. The summed E-state index contributed by atoms with van der Waals surface area (Å²) in [6.45, 7) is 10.6. The first kappa shape index (κ1) is 45.2. The van der Waals surface area contributed by atoms with E-state index in [0.29, 0.717) is 48.2 Å². The molecule has 4 aromatic carbocycles. The van der Waals surface area contributed by atoms with E-state index >= 15 is 0 Å². The number of anilines is 3. The number of nitrogens with one attached hydrogen (secondary N) is 4. The lowest BCUT2D eigenvalue weighted by Gasteiger charge is -2.27. The van der Waals surface area contributed by atoms with Crippen molar-refractivity contribution in [3.05, 3.63) is 107 Å². The minimum Gasteiger partial charge on any atom is -0.491 e. The second kappa shape index (κ2) is 21.9. The number of aliphatic hydroxyl groups is 1. The number of nitrogens with two attached hydrogens (primary N) is 1. The molecule has 0 aliphatic heterocycles. The molecular weight excluding hydrogens is 763 g/mol. The molecule has 0 saturated heterocycles. The Morgan fingerprint density at radius 2 is 1.12 bits per heavy atom. The molecule has 1 atom stereocenters. The Kier molecular flexibility index (Phi) is 16.5. The monoisotopic (exact) mass is 821 g/mol. The third-order valence-corrected chi connectivity index (χ3v) is 9.97. The summed E-state index contributed by atoms with van der Waals surface area (Å²) in [5.41, 5.74) is 9.03. The van der Waals surface area contributed by atoms with Crippen LogP contribution in [0.3, 0.4) is 0 Å². The summed E-state index contributed by atoms with van der Waals surface area (Å²) >= 11 is 0. The van der Waals surface area contributed by atoms with E-state index in [1.807, 2.05) is 58.0 Å². The zero-order valence-corrected chi connectivity index (χ0v) is 35.2. The molecule has 5 rings (SSSR count). The summed E-state index contributed by atoms with van der Waals surface area (Å²) in [5.74, 6) is 0.254. The highest BCUT2D eigenvalue weighted by Crippen LogP contribution is 2.32. The predicted molar refractivity (Wildman–Crippen MR) is 234 cm³/mol. The van der Waals surface area contributed by atoms with E-state index in [1.54, 1.807) is 36.4 Å². The molecule has 0 aromatic heterocycles. The van der Waals surface area contributed by atoms with Crippen LogP contribution in [0.15, 0.2) is 84.9 Å². The van der Waals surface area contributed by atoms with Gasteiger partial charge in [0.25, 0.3) is 17.7 Å². The van der Waals surface area contributed by atoms with Crippen LogP contribution in [0.5, 0.6) is 17.2 Å². The molecule has 4 amide bonds. The third kappa shape index (κ3) is 13.3. The molecule has 0 heterocycles. The fraction of sp³-hybridized carbons (Fsp3) is 0.404. The molecule has 1 saturated carbocycles. The van der Waals surface area contributed by atoms with Crippen molar-refractivity contribution in [2.45, 2.75) is 78.8 Å². The van der Waals surface area contributed by atoms with Crippen molar-refractivity contribution in [2.24, 2.45) is 23.5 Å². The zero-order valence-electron chi connectivity index (χ0n) is 35.2. The molecule has 320 valence electrons. The highest BCUT2D eigenvalue weighted by Gasteiger charge is 2.23. The summed E-state index contributed by atoms with van der Waals surface area (Å²) < 4.78 is 17.9. The van der Waals surface area contributed by atoms with Crippen LogP contribution in [-0.4, -0.2) is 67.2 Å². The van der Waals surface area contributed by atoms with E-state index in [9.17, 15) is 24.3 Å². The highest BCUT2D eigenvalue weighted by atomic mass is 16.5. The van der Waals surface area contributed by atoms with Gasteiger partial charge in [-0.3, -0.25) is 19.2 Å². The van der Waals surface area contributed by atoms with Gasteiger partial charge in [-0.15, -0.1) is 0 Å². The average Bonchev–Trinajstić information content (AvgIpc) is 3.23. The highest BCUT2D eigenvalue weighted by molar-refractivity contribution is 6.08. The van der Waals surface area contributed by atoms with Gasteiger partial charge >= 0.3 is 0 Å². The Morgan fingerprint density at radius 1 is 0.650 bits per heavy atom. The molecule has 0 radical (unpaired) electrons. The number of ether oxygens (including phenoxy) is 3. The fourth-order valence-corrected chi connectivity index (χ4v) is 6.58. The summed E-state index contributed by atoms with van der Waals surface area (Å²) in [7, 11) is 0. The van der Waals surface area contributed by atoms with Gasteiger partial charge in [-0.2, -0.15) is 0 Å². The molecule has 4 aromatic rings. The van der Waals surface area contributed by atoms with Crippen LogP contribution in [0.25, 0.3) is 0 Å². The first-order valence-electron chi connectivity index (χ1n) is 20.7. The van der Waals surface area contributed by atoms with Gasteiger partial charge in [-0.1, -0.05) is 65.0 Å². The molecule has 7 N–H and O–H groups in total. The lowest BCUT2D eigenvalue weighted by molar-refractivity contribution is -0.117. The average molecular weight is 822 g/mol. The van der Waals surface area contributed by atoms with Gasteiger partial charge in [0.15, 0.2) is 0 Å². The Bertz CT molecular complexity index is 2080. The summed E-state index contributed by atoms with van der Waals surface area (Å²) in [6, 6.07) is 22.9. The molecule has 1 aliphatic rings. The number of rotatable bonds is 19. The topological polar surface area (TPSA) is 190 Å². The Balaban J connectivity index is 1.32. The Hall–Kier alpha value is -5.92. The smallest absolute Gasteiger partial charge is 0.255 e. The molecule has 1 aliphatic carbocycles. The maximum absolute atomic E-state index is 13.8. The predicted octanol–water partition coefficient (Wildman–Crippen LogP) is 7.45. The van der Waals surface area contributed by atoms with Crippen molar-refractivity contribution in [1.82, 2.24) is 5.32 Å². The Labute approximate surface area is 352 Å². The van der Waals surface area contributed by atoms with Crippen LogP contribution >= 0.6 is 0 Å². The van der Waals surface area contributed by atoms with Gasteiger partial charge in [0, 0.05) is 22.7 Å². The van der Waals surface area contributed by atoms with Crippen LogP contribution < -0.4 is 41.2 Å². The van der Waals surface area contributed by atoms with Gasteiger partial charge < -0.3 is 46.3 Å². The third-order valence-electron chi connectivity index (χ3n) is 9.97. The maximum Gasteiger partial charge on any atom is 0.255 e. The maximum atomic E-state index is 13.8. The molecule has 60 heavy (non-hydrogen) atoms. The second-order valence-electron chi connectivity index (χ2n) is 16.2. The number of hydrogen-bond donors (Lipinski definition) is 6. The van der Waals surface area contributed by atoms with Crippen LogP contribution in [-0.2, 0) is 11.2 Å². The van der Waals surface area contributed by atoms with Crippen molar-refractivity contribution in [3.8, 4) is 17.2 Å². The van der Waals surface area contributed by atoms with E-state index in [0.717, 1.165) is 31.2 Å². The lowest BCUT2D eigenvalue weighted by atomic mass is 9.87. The van der Waals surface area contributed by atoms with E-state index < -0.39 is 23.8 Å². The van der Waals surface area contributed by atoms with E-state index in [2.05, 4.69) is 28.2 Å². The SMILES string of the molecule is CC(C)COc1cc(C(=O)Nc2ccc(C(=O)NC3CCC(C)CC3)cc2OCC(C)C)ccc1NC(=O)c1ccc(NC(=O)[C@@H](N)Cc2ccccc2)c(OCCO)c1. The molecule has 13 heteroatoms. The van der Waals surface area contributed by atoms with Crippen molar-refractivity contribution in [3.63, 3.8) is 0 Å². The standard InChI is InChI=1S/C47H59N5O8/c1-29(2)27-59-42-25-33(44(54)49-36-16-11-31(5)12-17-36)13-19-39(42)51-46(56)35-15-20-40(43(26-35)60-28-30(3)4)50-45(55)34-14-18-38(41(24-34)58-22-21-53)52-47(57)37(48)23-32-9-7-6-8-10-32/h6-10,13-15,18-20,24-26,29-31,36-37,53H,11-12,16-17,21-23,27-28,48H2,1-5H3,(H,49,54)(H,50,55)(H,51,56)(H,52,57)/t31?,36?,37-/m0/s1. The fourth-order valence-electron chi connectivity index (χ4n) is 6.58. The quantitative estimate of drug-likeness (QED) is 0.0558. The molecule has 13 nitrogen and oxygen atoms in total. The van der Waals surface area contributed by atoms with Crippen LogP contribution in [0.2, 0.25) is 0 Å². The molecule has 0 bridgehead atoms. The van der Waals surface area contributed by atoms with Gasteiger partial charge in [0.1, 0.15) is 23.9 Å². The van der Waals surface area contributed by atoms with E-state index in [1.165, 1.54) is 18.2 Å². The Morgan fingerprint density at radius 3 is 1.60 bits per heavy atom. The van der Waals surface area contributed by atoms with E-state index in [4.69, 9.17) is 19.9 Å².